The Labute approximate surface area is 165 Å². The maximum absolute atomic E-state index is 9.57. The van der Waals surface area contributed by atoms with Gasteiger partial charge in [-0.1, -0.05) is 72.8 Å². The van der Waals surface area contributed by atoms with Gasteiger partial charge in [-0.05, 0) is 53.0 Å². The molecule has 0 radical (unpaired) electrons. The van der Waals surface area contributed by atoms with Gasteiger partial charge in [0.05, 0.1) is 0 Å². The Kier molecular flexibility index (Phi) is 5.24. The van der Waals surface area contributed by atoms with Crippen molar-refractivity contribution in [3.8, 4) is 11.1 Å². The van der Waals surface area contributed by atoms with Gasteiger partial charge in [0.15, 0.2) is 0 Å². The molecule has 2 N–H and O–H groups in total. The number of rotatable bonds is 5. The van der Waals surface area contributed by atoms with Crippen LogP contribution in [0, 0.1) is 0 Å². The Morgan fingerprint density at radius 1 is 0.500 bits per heavy atom. The first-order valence-electron chi connectivity index (χ1n) is 9.19. The number of nitrogens with zero attached hydrogens (tertiary/aromatic N) is 1. The first-order chi connectivity index (χ1) is 13.7. The highest BCUT2D eigenvalue weighted by atomic mass is 16.4. The molecule has 4 aromatic carbocycles. The standard InChI is InChI=1S/C24H20BNO2/c27-25(28)21-10-7-13-24(18-21)26(22-11-5-2-6-12-22)23-16-14-20(15-17-23)19-8-3-1-4-9-19/h1-18,27-28H. The fraction of sp³-hybridized carbons (Fsp3) is 0. The van der Waals surface area contributed by atoms with E-state index in [1.54, 1.807) is 12.1 Å². The van der Waals surface area contributed by atoms with Crippen LogP contribution in [0.3, 0.4) is 0 Å². The van der Waals surface area contributed by atoms with Crippen molar-refractivity contribution < 1.29 is 10.0 Å². The fourth-order valence-electron chi connectivity index (χ4n) is 3.28. The molecule has 3 nitrogen and oxygen atoms in total. The second-order valence-electron chi connectivity index (χ2n) is 6.55. The lowest BCUT2D eigenvalue weighted by atomic mass is 9.80. The van der Waals surface area contributed by atoms with E-state index < -0.39 is 7.12 Å². The third kappa shape index (κ3) is 3.84. The van der Waals surface area contributed by atoms with E-state index in [0.717, 1.165) is 22.6 Å². The Hall–Kier alpha value is -3.34. The van der Waals surface area contributed by atoms with E-state index in [0.29, 0.717) is 5.46 Å². The van der Waals surface area contributed by atoms with Crippen LogP contribution in [0.5, 0.6) is 0 Å². The zero-order chi connectivity index (χ0) is 19.3. The molecule has 28 heavy (non-hydrogen) atoms. The van der Waals surface area contributed by atoms with Crippen molar-refractivity contribution in [3.63, 3.8) is 0 Å². The van der Waals surface area contributed by atoms with Crippen molar-refractivity contribution in [2.75, 3.05) is 4.90 Å². The summed E-state index contributed by atoms with van der Waals surface area (Å²) in [6.07, 6.45) is 0. The third-order valence-corrected chi connectivity index (χ3v) is 4.67. The molecule has 0 unspecified atom stereocenters. The molecule has 136 valence electrons. The van der Waals surface area contributed by atoms with E-state index in [4.69, 9.17) is 0 Å². The normalized spacial score (nSPS) is 10.5. The summed E-state index contributed by atoms with van der Waals surface area (Å²) in [4.78, 5) is 2.10. The largest absolute Gasteiger partial charge is 0.488 e. The first-order valence-corrected chi connectivity index (χ1v) is 9.19. The van der Waals surface area contributed by atoms with E-state index >= 15 is 0 Å². The third-order valence-electron chi connectivity index (χ3n) is 4.67. The lowest BCUT2D eigenvalue weighted by Crippen LogP contribution is -2.30. The van der Waals surface area contributed by atoms with Crippen LogP contribution in [-0.2, 0) is 0 Å². The fourth-order valence-corrected chi connectivity index (χ4v) is 3.28. The molecular formula is C24H20BNO2. The maximum atomic E-state index is 9.57. The Morgan fingerprint density at radius 3 is 1.68 bits per heavy atom. The molecule has 4 rings (SSSR count). The van der Waals surface area contributed by atoms with Gasteiger partial charge in [-0.15, -0.1) is 0 Å². The maximum Gasteiger partial charge on any atom is 0.488 e. The topological polar surface area (TPSA) is 43.7 Å². The molecule has 0 saturated heterocycles. The van der Waals surface area contributed by atoms with E-state index in [9.17, 15) is 10.0 Å². The predicted octanol–water partition coefficient (Wildman–Crippen LogP) is 4.50. The lowest BCUT2D eigenvalue weighted by molar-refractivity contribution is 0.426. The average Bonchev–Trinajstić information content (AvgIpc) is 2.76. The summed E-state index contributed by atoms with van der Waals surface area (Å²) in [5.41, 5.74) is 5.64. The van der Waals surface area contributed by atoms with Crippen molar-refractivity contribution in [1.29, 1.82) is 0 Å². The van der Waals surface area contributed by atoms with Gasteiger partial charge in [0.2, 0.25) is 0 Å². The summed E-state index contributed by atoms with van der Waals surface area (Å²) in [6, 6.07) is 36.0. The minimum Gasteiger partial charge on any atom is -0.423 e. The Bertz CT molecular complexity index is 1030. The summed E-state index contributed by atoms with van der Waals surface area (Å²) < 4.78 is 0. The minimum absolute atomic E-state index is 0.458. The van der Waals surface area contributed by atoms with Crippen molar-refractivity contribution >= 4 is 29.6 Å². The molecule has 4 aromatic rings. The summed E-state index contributed by atoms with van der Waals surface area (Å²) in [5.74, 6) is 0. The molecule has 0 heterocycles. The number of benzene rings is 4. The summed E-state index contributed by atoms with van der Waals surface area (Å²) >= 11 is 0. The highest BCUT2D eigenvalue weighted by Crippen LogP contribution is 2.34. The second kappa shape index (κ2) is 8.13. The minimum atomic E-state index is -1.50. The van der Waals surface area contributed by atoms with Gasteiger partial charge in [0.1, 0.15) is 0 Å². The van der Waals surface area contributed by atoms with Crippen molar-refractivity contribution in [2.45, 2.75) is 0 Å². The van der Waals surface area contributed by atoms with E-state index in [1.807, 2.05) is 60.7 Å². The van der Waals surface area contributed by atoms with Crippen molar-refractivity contribution in [2.24, 2.45) is 0 Å². The Morgan fingerprint density at radius 2 is 1.04 bits per heavy atom. The molecule has 0 atom stereocenters. The summed E-state index contributed by atoms with van der Waals surface area (Å²) in [7, 11) is -1.50. The quantitative estimate of drug-likeness (QED) is 0.512. The van der Waals surface area contributed by atoms with E-state index in [-0.39, 0.29) is 0 Å². The number of hydrogen-bond donors (Lipinski definition) is 2. The number of para-hydroxylation sites is 1. The van der Waals surface area contributed by atoms with Gasteiger partial charge < -0.3 is 14.9 Å². The SMILES string of the molecule is OB(O)c1cccc(N(c2ccccc2)c2ccc(-c3ccccc3)cc2)c1. The van der Waals surface area contributed by atoms with Crippen LogP contribution < -0.4 is 10.4 Å². The van der Waals surface area contributed by atoms with Crippen LogP contribution in [-0.4, -0.2) is 17.2 Å². The van der Waals surface area contributed by atoms with Gasteiger partial charge in [-0.3, -0.25) is 0 Å². The van der Waals surface area contributed by atoms with Crippen LogP contribution in [0.2, 0.25) is 0 Å². The summed E-state index contributed by atoms with van der Waals surface area (Å²) in [6.45, 7) is 0. The van der Waals surface area contributed by atoms with Crippen molar-refractivity contribution in [3.05, 3.63) is 109 Å². The zero-order valence-corrected chi connectivity index (χ0v) is 15.3. The molecular weight excluding hydrogens is 345 g/mol. The Balaban J connectivity index is 1.77. The van der Waals surface area contributed by atoms with Gasteiger partial charge in [-0.2, -0.15) is 0 Å². The monoisotopic (exact) mass is 365 g/mol. The first kappa shape index (κ1) is 18.0. The summed E-state index contributed by atoms with van der Waals surface area (Å²) in [5, 5.41) is 19.1. The molecule has 0 saturated carbocycles. The molecule has 0 spiro atoms. The smallest absolute Gasteiger partial charge is 0.423 e. The zero-order valence-electron chi connectivity index (χ0n) is 15.3. The molecule has 0 aliphatic heterocycles. The van der Waals surface area contributed by atoms with E-state index in [2.05, 4.69) is 41.3 Å². The van der Waals surface area contributed by atoms with Crippen LogP contribution in [0.1, 0.15) is 0 Å². The molecule has 0 aliphatic rings. The van der Waals surface area contributed by atoms with E-state index in [1.165, 1.54) is 5.56 Å². The number of hydrogen-bond acceptors (Lipinski definition) is 3. The van der Waals surface area contributed by atoms with Crippen LogP contribution in [0.4, 0.5) is 17.1 Å². The van der Waals surface area contributed by atoms with Crippen LogP contribution in [0.15, 0.2) is 109 Å². The van der Waals surface area contributed by atoms with Gasteiger partial charge >= 0.3 is 7.12 Å². The van der Waals surface area contributed by atoms with Gasteiger partial charge in [0, 0.05) is 17.1 Å². The molecule has 0 amide bonds. The molecule has 0 bridgehead atoms. The van der Waals surface area contributed by atoms with Gasteiger partial charge in [0.25, 0.3) is 0 Å². The van der Waals surface area contributed by atoms with Gasteiger partial charge in [-0.25, -0.2) is 0 Å². The molecule has 0 aliphatic carbocycles. The van der Waals surface area contributed by atoms with Crippen molar-refractivity contribution in [1.82, 2.24) is 0 Å². The molecule has 0 fully saturated rings. The highest BCUT2D eigenvalue weighted by molar-refractivity contribution is 6.58. The van der Waals surface area contributed by atoms with Crippen LogP contribution >= 0.6 is 0 Å². The average molecular weight is 365 g/mol. The lowest BCUT2D eigenvalue weighted by Gasteiger charge is -2.26. The van der Waals surface area contributed by atoms with Crippen LogP contribution in [0.25, 0.3) is 11.1 Å². The second-order valence-corrected chi connectivity index (χ2v) is 6.55. The molecule has 4 heteroatoms. The predicted molar refractivity (Wildman–Crippen MR) is 116 cm³/mol. The highest BCUT2D eigenvalue weighted by Gasteiger charge is 2.16. The molecule has 0 aromatic heterocycles. The number of anilines is 3.